The molecule has 2 heteroatoms. The van der Waals surface area contributed by atoms with E-state index in [0.29, 0.717) is 6.04 Å². The summed E-state index contributed by atoms with van der Waals surface area (Å²) in [5.74, 6) is 0. The normalized spacial score (nSPS) is 20.3. The maximum atomic E-state index is 5.79. The molecular formula is C13H20N2. The zero-order chi connectivity index (χ0) is 11.0. The molecule has 1 aromatic rings. The van der Waals surface area contributed by atoms with Crippen molar-refractivity contribution in [3.05, 3.63) is 28.8 Å². The predicted molar refractivity (Wildman–Crippen MR) is 65.5 cm³/mol. The summed E-state index contributed by atoms with van der Waals surface area (Å²) in [4.78, 5) is 2.35. The maximum absolute atomic E-state index is 5.79. The molecule has 0 saturated heterocycles. The van der Waals surface area contributed by atoms with E-state index < -0.39 is 0 Å². The number of aryl methyl sites for hydroxylation is 3. The van der Waals surface area contributed by atoms with Crippen LogP contribution in [0.3, 0.4) is 0 Å². The summed E-state index contributed by atoms with van der Waals surface area (Å²) in [7, 11) is 2.16. The highest BCUT2D eigenvalue weighted by Crippen LogP contribution is 2.33. The number of hydrogen-bond donors (Lipinski definition) is 1. The molecule has 0 spiro atoms. The molecule has 2 nitrogen and oxygen atoms in total. The van der Waals surface area contributed by atoms with Gasteiger partial charge in [-0.1, -0.05) is 17.7 Å². The molecule has 2 rings (SSSR count). The van der Waals surface area contributed by atoms with E-state index in [1.54, 1.807) is 0 Å². The minimum absolute atomic E-state index is 0.513. The van der Waals surface area contributed by atoms with Gasteiger partial charge in [0.15, 0.2) is 0 Å². The number of hydrogen-bond acceptors (Lipinski definition) is 2. The second-order valence-electron chi connectivity index (χ2n) is 4.63. The lowest BCUT2D eigenvalue weighted by Crippen LogP contribution is -2.41. The Bertz CT molecular complexity index is 371. The summed E-state index contributed by atoms with van der Waals surface area (Å²) in [5.41, 5.74) is 11.4. The van der Waals surface area contributed by atoms with E-state index in [-0.39, 0.29) is 0 Å². The Kier molecular flexibility index (Phi) is 2.70. The van der Waals surface area contributed by atoms with Crippen molar-refractivity contribution in [1.29, 1.82) is 0 Å². The molecule has 1 aliphatic rings. The fourth-order valence-corrected chi connectivity index (χ4v) is 2.72. The Morgan fingerprint density at radius 3 is 2.80 bits per heavy atom. The predicted octanol–water partition coefficient (Wildman–Crippen LogP) is 2.01. The van der Waals surface area contributed by atoms with E-state index in [2.05, 4.69) is 37.9 Å². The van der Waals surface area contributed by atoms with Crippen LogP contribution in [0.25, 0.3) is 0 Å². The summed E-state index contributed by atoms with van der Waals surface area (Å²) in [6.07, 6.45) is 2.35. The summed E-state index contributed by atoms with van der Waals surface area (Å²) < 4.78 is 0. The monoisotopic (exact) mass is 204 g/mol. The van der Waals surface area contributed by atoms with Gasteiger partial charge in [0.1, 0.15) is 0 Å². The average molecular weight is 204 g/mol. The number of fused-ring (bicyclic) bond motifs is 1. The van der Waals surface area contributed by atoms with Crippen LogP contribution in [-0.2, 0) is 6.42 Å². The fraction of sp³-hybridized carbons (Fsp3) is 0.538. The lowest BCUT2D eigenvalue weighted by molar-refractivity contribution is 0.563. The third-order valence-electron chi connectivity index (χ3n) is 3.44. The van der Waals surface area contributed by atoms with E-state index in [0.717, 1.165) is 6.54 Å². The molecule has 0 aromatic heterocycles. The second kappa shape index (κ2) is 3.86. The van der Waals surface area contributed by atoms with Crippen molar-refractivity contribution in [2.24, 2.45) is 5.73 Å². The van der Waals surface area contributed by atoms with Gasteiger partial charge in [0.2, 0.25) is 0 Å². The number of likely N-dealkylation sites (N-methyl/N-ethyl adjacent to an activating group) is 1. The zero-order valence-electron chi connectivity index (χ0n) is 9.88. The molecule has 1 aromatic carbocycles. The number of rotatable bonds is 1. The van der Waals surface area contributed by atoms with Gasteiger partial charge >= 0.3 is 0 Å². The SMILES string of the molecule is Cc1cc(C)c2c(c1)CCC(CN)N2C. The van der Waals surface area contributed by atoms with Crippen molar-refractivity contribution in [2.75, 3.05) is 18.5 Å². The first-order chi connectivity index (χ1) is 7.13. The zero-order valence-corrected chi connectivity index (χ0v) is 9.88. The van der Waals surface area contributed by atoms with Crippen LogP contribution in [0.2, 0.25) is 0 Å². The number of anilines is 1. The van der Waals surface area contributed by atoms with Gasteiger partial charge in [-0.3, -0.25) is 0 Å². The molecule has 1 aliphatic heterocycles. The highest BCUT2D eigenvalue weighted by molar-refractivity contribution is 5.62. The van der Waals surface area contributed by atoms with Crippen molar-refractivity contribution in [2.45, 2.75) is 32.7 Å². The Morgan fingerprint density at radius 2 is 2.13 bits per heavy atom. The van der Waals surface area contributed by atoms with Crippen LogP contribution in [0.1, 0.15) is 23.1 Å². The van der Waals surface area contributed by atoms with Crippen LogP contribution in [0.15, 0.2) is 12.1 Å². The first-order valence-corrected chi connectivity index (χ1v) is 5.66. The van der Waals surface area contributed by atoms with Gasteiger partial charge in [-0.05, 0) is 37.8 Å². The molecule has 0 bridgehead atoms. The van der Waals surface area contributed by atoms with E-state index in [1.807, 2.05) is 0 Å². The van der Waals surface area contributed by atoms with Crippen LogP contribution in [0, 0.1) is 13.8 Å². The first kappa shape index (κ1) is 10.5. The van der Waals surface area contributed by atoms with E-state index in [1.165, 1.54) is 35.2 Å². The Morgan fingerprint density at radius 1 is 1.40 bits per heavy atom. The van der Waals surface area contributed by atoms with Gasteiger partial charge in [-0.15, -0.1) is 0 Å². The van der Waals surface area contributed by atoms with Gasteiger partial charge in [0, 0.05) is 25.3 Å². The minimum atomic E-state index is 0.513. The quantitative estimate of drug-likeness (QED) is 0.758. The maximum Gasteiger partial charge on any atom is 0.0429 e. The smallest absolute Gasteiger partial charge is 0.0429 e. The highest BCUT2D eigenvalue weighted by Gasteiger charge is 2.23. The molecule has 0 amide bonds. The Balaban J connectivity index is 2.47. The topological polar surface area (TPSA) is 29.3 Å². The average Bonchev–Trinajstić information content (AvgIpc) is 2.17. The largest absolute Gasteiger partial charge is 0.370 e. The molecule has 1 unspecified atom stereocenters. The summed E-state index contributed by atoms with van der Waals surface area (Å²) in [5, 5.41) is 0. The number of benzene rings is 1. The molecule has 1 heterocycles. The van der Waals surface area contributed by atoms with Crippen LogP contribution < -0.4 is 10.6 Å². The summed E-state index contributed by atoms with van der Waals surface area (Å²) in [6.45, 7) is 5.12. The number of nitrogens with zero attached hydrogens (tertiary/aromatic N) is 1. The number of nitrogens with two attached hydrogens (primary N) is 1. The van der Waals surface area contributed by atoms with Crippen molar-refractivity contribution in [3.63, 3.8) is 0 Å². The van der Waals surface area contributed by atoms with E-state index in [4.69, 9.17) is 5.73 Å². The van der Waals surface area contributed by atoms with Gasteiger partial charge in [-0.2, -0.15) is 0 Å². The lowest BCUT2D eigenvalue weighted by atomic mass is 9.92. The minimum Gasteiger partial charge on any atom is -0.370 e. The van der Waals surface area contributed by atoms with Gasteiger partial charge in [0.25, 0.3) is 0 Å². The summed E-state index contributed by atoms with van der Waals surface area (Å²) >= 11 is 0. The van der Waals surface area contributed by atoms with E-state index in [9.17, 15) is 0 Å². The Labute approximate surface area is 92.1 Å². The van der Waals surface area contributed by atoms with Crippen molar-refractivity contribution < 1.29 is 0 Å². The van der Waals surface area contributed by atoms with Gasteiger partial charge in [-0.25, -0.2) is 0 Å². The third kappa shape index (κ3) is 1.74. The molecule has 0 saturated carbocycles. The molecule has 0 aliphatic carbocycles. The summed E-state index contributed by atoms with van der Waals surface area (Å²) in [6, 6.07) is 5.08. The van der Waals surface area contributed by atoms with Crippen LogP contribution in [0.5, 0.6) is 0 Å². The van der Waals surface area contributed by atoms with Crippen LogP contribution in [-0.4, -0.2) is 19.6 Å². The molecule has 15 heavy (non-hydrogen) atoms. The van der Waals surface area contributed by atoms with Crippen molar-refractivity contribution in [3.8, 4) is 0 Å². The van der Waals surface area contributed by atoms with Crippen molar-refractivity contribution >= 4 is 5.69 Å². The van der Waals surface area contributed by atoms with Gasteiger partial charge in [0.05, 0.1) is 0 Å². The third-order valence-corrected chi connectivity index (χ3v) is 3.44. The lowest BCUT2D eigenvalue weighted by Gasteiger charge is -2.36. The first-order valence-electron chi connectivity index (χ1n) is 5.66. The molecular weight excluding hydrogens is 184 g/mol. The molecule has 1 atom stereocenters. The molecule has 0 fully saturated rings. The Hall–Kier alpha value is -1.02. The molecule has 82 valence electrons. The van der Waals surface area contributed by atoms with Crippen LogP contribution in [0.4, 0.5) is 5.69 Å². The second-order valence-corrected chi connectivity index (χ2v) is 4.63. The molecule has 0 radical (unpaired) electrons. The standard InChI is InChI=1S/C13H20N2/c1-9-6-10(2)13-11(7-9)4-5-12(8-14)15(13)3/h6-7,12H,4-5,8,14H2,1-3H3. The fourth-order valence-electron chi connectivity index (χ4n) is 2.72. The van der Waals surface area contributed by atoms with Crippen LogP contribution >= 0.6 is 0 Å². The van der Waals surface area contributed by atoms with Crippen molar-refractivity contribution in [1.82, 2.24) is 0 Å². The van der Waals surface area contributed by atoms with E-state index >= 15 is 0 Å². The van der Waals surface area contributed by atoms with Gasteiger partial charge < -0.3 is 10.6 Å². The molecule has 2 N–H and O–H groups in total. The highest BCUT2D eigenvalue weighted by atomic mass is 15.2.